The van der Waals surface area contributed by atoms with E-state index in [0.29, 0.717) is 0 Å². The molecule has 2 amide bonds. The van der Waals surface area contributed by atoms with Crippen LogP contribution in [0, 0.1) is 19.8 Å². The van der Waals surface area contributed by atoms with E-state index < -0.39 is 0 Å². The van der Waals surface area contributed by atoms with Crippen LogP contribution in [0.4, 0.5) is 11.4 Å². The van der Waals surface area contributed by atoms with Gasteiger partial charge in [0.1, 0.15) is 0 Å². The Morgan fingerprint density at radius 3 is 2.37 bits per heavy atom. The van der Waals surface area contributed by atoms with Gasteiger partial charge in [0.2, 0.25) is 5.91 Å². The summed E-state index contributed by atoms with van der Waals surface area (Å²) >= 11 is 0. The fourth-order valence-electron chi connectivity index (χ4n) is 4.71. The van der Waals surface area contributed by atoms with Crippen LogP contribution in [0.25, 0.3) is 0 Å². The number of aryl methyl sites for hydroxylation is 2. The first-order chi connectivity index (χ1) is 14.5. The SMILES string of the molecule is Cc1ccc(C)c(N2CCN(C(=O)c3ccc4c(c3)CCN4C(=O)C3CC3)CC2)c1. The first kappa shape index (κ1) is 19.2. The van der Waals surface area contributed by atoms with Gasteiger partial charge in [-0.1, -0.05) is 12.1 Å². The van der Waals surface area contributed by atoms with Gasteiger partial charge < -0.3 is 14.7 Å². The molecule has 156 valence electrons. The molecule has 2 aliphatic heterocycles. The largest absolute Gasteiger partial charge is 0.368 e. The number of benzene rings is 2. The highest BCUT2D eigenvalue weighted by molar-refractivity contribution is 6.00. The Balaban J connectivity index is 1.26. The monoisotopic (exact) mass is 403 g/mol. The quantitative estimate of drug-likeness (QED) is 0.787. The zero-order chi connectivity index (χ0) is 20.8. The molecular weight excluding hydrogens is 374 g/mol. The van der Waals surface area contributed by atoms with Crippen molar-refractivity contribution in [2.45, 2.75) is 33.1 Å². The number of anilines is 2. The predicted molar refractivity (Wildman–Crippen MR) is 119 cm³/mol. The first-order valence-electron chi connectivity index (χ1n) is 11.1. The molecule has 2 aromatic rings. The third kappa shape index (κ3) is 3.47. The van der Waals surface area contributed by atoms with Gasteiger partial charge in [-0.05, 0) is 74.1 Å². The van der Waals surface area contributed by atoms with Crippen LogP contribution in [0.5, 0.6) is 0 Å². The standard InChI is InChI=1S/C25H29N3O2/c1-17-3-4-18(2)23(15-17)26-11-13-27(14-12-26)24(29)21-7-8-22-20(16-21)9-10-28(22)25(30)19-5-6-19/h3-4,7-8,15-16,19H,5-6,9-14H2,1-2H3. The van der Waals surface area contributed by atoms with Crippen molar-refractivity contribution in [2.24, 2.45) is 5.92 Å². The summed E-state index contributed by atoms with van der Waals surface area (Å²) in [5.41, 5.74) is 6.70. The maximum Gasteiger partial charge on any atom is 0.253 e. The van der Waals surface area contributed by atoms with Gasteiger partial charge in [0, 0.05) is 55.6 Å². The van der Waals surface area contributed by atoms with Gasteiger partial charge in [0.05, 0.1) is 0 Å². The Kier molecular flexibility index (Phi) is 4.76. The molecule has 5 nitrogen and oxygen atoms in total. The minimum absolute atomic E-state index is 0.102. The minimum atomic E-state index is 0.102. The normalized spacial score (nSPS) is 18.5. The molecule has 5 heteroatoms. The average Bonchev–Trinajstić information content (AvgIpc) is 3.53. The van der Waals surface area contributed by atoms with E-state index in [1.807, 2.05) is 28.0 Å². The van der Waals surface area contributed by atoms with Gasteiger partial charge >= 0.3 is 0 Å². The van der Waals surface area contributed by atoms with Crippen molar-refractivity contribution in [1.29, 1.82) is 0 Å². The number of piperazine rings is 1. The Morgan fingerprint density at radius 2 is 1.63 bits per heavy atom. The molecule has 3 aliphatic rings. The van der Waals surface area contributed by atoms with E-state index in [0.717, 1.165) is 68.8 Å². The molecule has 0 aromatic heterocycles. The van der Waals surface area contributed by atoms with Crippen LogP contribution in [0.3, 0.4) is 0 Å². The van der Waals surface area contributed by atoms with Crippen molar-refractivity contribution in [3.63, 3.8) is 0 Å². The molecule has 0 spiro atoms. The highest BCUT2D eigenvalue weighted by Gasteiger charge is 2.36. The van der Waals surface area contributed by atoms with Crippen molar-refractivity contribution in [3.05, 3.63) is 58.7 Å². The molecule has 1 aliphatic carbocycles. The average molecular weight is 404 g/mol. The third-order valence-corrected chi connectivity index (χ3v) is 6.69. The molecule has 2 fully saturated rings. The highest BCUT2D eigenvalue weighted by atomic mass is 16.2. The maximum atomic E-state index is 13.1. The zero-order valence-electron chi connectivity index (χ0n) is 17.9. The molecule has 2 heterocycles. The van der Waals surface area contributed by atoms with Crippen molar-refractivity contribution < 1.29 is 9.59 Å². The Hall–Kier alpha value is -2.82. The van der Waals surface area contributed by atoms with E-state index in [1.165, 1.54) is 16.8 Å². The second-order valence-corrected chi connectivity index (χ2v) is 8.93. The Morgan fingerprint density at radius 1 is 0.867 bits per heavy atom. The number of hydrogen-bond acceptors (Lipinski definition) is 3. The van der Waals surface area contributed by atoms with Gasteiger partial charge in [-0.25, -0.2) is 0 Å². The summed E-state index contributed by atoms with van der Waals surface area (Å²) in [6.45, 7) is 8.18. The molecular formula is C25H29N3O2. The van der Waals surface area contributed by atoms with E-state index in [9.17, 15) is 9.59 Å². The van der Waals surface area contributed by atoms with Crippen LogP contribution in [0.15, 0.2) is 36.4 Å². The van der Waals surface area contributed by atoms with Gasteiger partial charge in [0.25, 0.3) is 5.91 Å². The van der Waals surface area contributed by atoms with Crippen LogP contribution >= 0.6 is 0 Å². The third-order valence-electron chi connectivity index (χ3n) is 6.69. The lowest BCUT2D eigenvalue weighted by Gasteiger charge is -2.37. The van der Waals surface area contributed by atoms with Gasteiger partial charge in [-0.2, -0.15) is 0 Å². The molecule has 1 saturated carbocycles. The van der Waals surface area contributed by atoms with Gasteiger partial charge in [-0.3, -0.25) is 9.59 Å². The highest BCUT2D eigenvalue weighted by Crippen LogP contribution is 2.37. The van der Waals surface area contributed by atoms with Crippen LogP contribution in [0.2, 0.25) is 0 Å². The van der Waals surface area contributed by atoms with E-state index >= 15 is 0 Å². The molecule has 0 atom stereocenters. The van der Waals surface area contributed by atoms with E-state index in [-0.39, 0.29) is 17.7 Å². The summed E-state index contributed by atoms with van der Waals surface area (Å²) < 4.78 is 0. The van der Waals surface area contributed by atoms with E-state index in [4.69, 9.17) is 0 Å². The molecule has 30 heavy (non-hydrogen) atoms. The first-order valence-corrected chi connectivity index (χ1v) is 11.1. The summed E-state index contributed by atoms with van der Waals surface area (Å²) in [7, 11) is 0. The lowest BCUT2D eigenvalue weighted by molar-refractivity contribution is -0.119. The van der Waals surface area contributed by atoms with Crippen LogP contribution in [-0.2, 0) is 11.2 Å². The topological polar surface area (TPSA) is 43.9 Å². The summed E-state index contributed by atoms with van der Waals surface area (Å²) in [5.74, 6) is 0.589. The number of nitrogens with zero attached hydrogens (tertiary/aromatic N) is 3. The van der Waals surface area contributed by atoms with Crippen LogP contribution < -0.4 is 9.80 Å². The number of carbonyl (C=O) groups is 2. The Labute approximate surface area is 178 Å². The summed E-state index contributed by atoms with van der Waals surface area (Å²) in [5, 5.41) is 0. The van der Waals surface area contributed by atoms with Crippen LogP contribution in [-0.4, -0.2) is 49.4 Å². The van der Waals surface area contributed by atoms with E-state index in [1.54, 1.807) is 0 Å². The number of rotatable bonds is 3. The van der Waals surface area contributed by atoms with Crippen molar-refractivity contribution in [2.75, 3.05) is 42.5 Å². The lowest BCUT2D eigenvalue weighted by atomic mass is 10.1. The molecule has 5 rings (SSSR count). The molecule has 1 saturated heterocycles. The number of fused-ring (bicyclic) bond motifs is 1. The van der Waals surface area contributed by atoms with E-state index in [2.05, 4.69) is 36.9 Å². The number of carbonyl (C=O) groups excluding carboxylic acids is 2. The molecule has 0 N–H and O–H groups in total. The predicted octanol–water partition coefficient (Wildman–Crippen LogP) is 3.56. The summed E-state index contributed by atoms with van der Waals surface area (Å²) in [6.07, 6.45) is 2.89. The smallest absolute Gasteiger partial charge is 0.253 e. The molecule has 2 aromatic carbocycles. The summed E-state index contributed by atoms with van der Waals surface area (Å²) in [4.78, 5) is 31.9. The zero-order valence-corrected chi connectivity index (χ0v) is 17.9. The lowest BCUT2D eigenvalue weighted by Crippen LogP contribution is -2.49. The maximum absolute atomic E-state index is 13.1. The molecule has 0 unspecified atom stereocenters. The molecule has 0 bridgehead atoms. The van der Waals surface area contributed by atoms with Crippen molar-refractivity contribution >= 4 is 23.2 Å². The number of amides is 2. The van der Waals surface area contributed by atoms with Gasteiger partial charge in [0.15, 0.2) is 0 Å². The second kappa shape index (κ2) is 7.46. The fraction of sp³-hybridized carbons (Fsp3) is 0.440. The Bertz CT molecular complexity index is 1000. The van der Waals surface area contributed by atoms with Crippen molar-refractivity contribution in [1.82, 2.24) is 4.90 Å². The molecule has 0 radical (unpaired) electrons. The van der Waals surface area contributed by atoms with Crippen molar-refractivity contribution in [3.8, 4) is 0 Å². The summed E-state index contributed by atoms with van der Waals surface area (Å²) in [6, 6.07) is 12.4. The fourth-order valence-corrected chi connectivity index (χ4v) is 4.71. The second-order valence-electron chi connectivity index (χ2n) is 8.93. The number of hydrogen-bond donors (Lipinski definition) is 0. The van der Waals surface area contributed by atoms with Gasteiger partial charge in [-0.15, -0.1) is 0 Å². The minimum Gasteiger partial charge on any atom is -0.368 e. The van der Waals surface area contributed by atoms with Crippen LogP contribution in [0.1, 0.15) is 39.9 Å².